The molecule has 0 unspecified atom stereocenters. The molecule has 0 atom stereocenters. The van der Waals surface area contributed by atoms with Gasteiger partial charge in [0.1, 0.15) is 16.5 Å². The van der Waals surface area contributed by atoms with Gasteiger partial charge in [-0.05, 0) is 42.0 Å². The number of benzene rings is 3. The number of rotatable bonds is 5. The highest BCUT2D eigenvalue weighted by Crippen LogP contribution is 2.34. The van der Waals surface area contributed by atoms with Crippen LogP contribution in [0.15, 0.2) is 66.7 Å². The zero-order valence-corrected chi connectivity index (χ0v) is 17.3. The zero-order chi connectivity index (χ0) is 21.4. The summed E-state index contributed by atoms with van der Waals surface area (Å²) in [6.07, 6.45) is 1.89. The highest BCUT2D eigenvalue weighted by Gasteiger charge is 2.17. The van der Waals surface area contributed by atoms with Crippen molar-refractivity contribution in [1.82, 2.24) is 15.0 Å². The molecule has 0 aliphatic heterocycles. The van der Waals surface area contributed by atoms with Gasteiger partial charge in [-0.25, -0.2) is 9.97 Å². The predicted octanol–water partition coefficient (Wildman–Crippen LogP) is 5.71. The Bertz CT molecular complexity index is 1330. The third-order valence-electron chi connectivity index (χ3n) is 4.97. The molecule has 7 nitrogen and oxygen atoms in total. The molecule has 5 aromatic rings. The van der Waals surface area contributed by atoms with Gasteiger partial charge in [0, 0.05) is 13.1 Å². The number of hydrogen-bond donors (Lipinski definition) is 2. The van der Waals surface area contributed by atoms with E-state index in [9.17, 15) is 10.1 Å². The van der Waals surface area contributed by atoms with Crippen molar-refractivity contribution in [3.05, 3.63) is 93.2 Å². The van der Waals surface area contributed by atoms with E-state index in [1.807, 2.05) is 60.7 Å². The van der Waals surface area contributed by atoms with Crippen molar-refractivity contribution >= 4 is 55.6 Å². The van der Waals surface area contributed by atoms with E-state index >= 15 is 0 Å². The van der Waals surface area contributed by atoms with Crippen LogP contribution in [-0.2, 0) is 0 Å². The van der Waals surface area contributed by atoms with Crippen molar-refractivity contribution in [2.45, 2.75) is 0 Å². The van der Waals surface area contributed by atoms with Crippen LogP contribution in [0.5, 0.6) is 0 Å². The summed E-state index contributed by atoms with van der Waals surface area (Å²) in [5.41, 5.74) is 4.63. The Morgan fingerprint density at radius 3 is 2.58 bits per heavy atom. The number of nitro benzene ring substituents is 1. The summed E-state index contributed by atoms with van der Waals surface area (Å²) in [5.74, 6) is 0.667. The normalized spacial score (nSPS) is 11.8. The number of para-hydroxylation sites is 3. The smallest absolute Gasteiger partial charge is 0.292 e. The van der Waals surface area contributed by atoms with Gasteiger partial charge < -0.3 is 10.3 Å². The molecule has 0 amide bonds. The molecule has 0 fully saturated rings. The van der Waals surface area contributed by atoms with E-state index in [-0.39, 0.29) is 10.6 Å². The molecule has 5 rings (SSSR count). The van der Waals surface area contributed by atoms with Crippen LogP contribution in [0.1, 0.15) is 16.4 Å². The minimum Gasteiger partial charge on any atom is -0.383 e. The molecule has 0 aliphatic rings. The van der Waals surface area contributed by atoms with Crippen molar-refractivity contribution in [3.8, 4) is 0 Å². The first-order valence-electron chi connectivity index (χ1n) is 9.61. The summed E-state index contributed by atoms with van der Waals surface area (Å²) >= 11 is 1.56. The number of aromatic nitrogens is 3. The lowest BCUT2D eigenvalue weighted by molar-refractivity contribution is -0.383. The SMILES string of the molecule is CNc1ccc(/C=C(\c2nc3ccccc3[nH]2)c2nc3ccccc3s2)cc1[N+](=O)[O-]. The molecular formula is C23H17N5O2S. The predicted molar refractivity (Wildman–Crippen MR) is 125 cm³/mol. The van der Waals surface area contributed by atoms with Crippen LogP contribution in [0, 0.1) is 10.1 Å². The Kier molecular flexibility index (Phi) is 4.68. The lowest BCUT2D eigenvalue weighted by Crippen LogP contribution is -1.97. The number of thiazole rings is 1. The van der Waals surface area contributed by atoms with Crippen molar-refractivity contribution in [1.29, 1.82) is 0 Å². The Balaban J connectivity index is 1.72. The van der Waals surface area contributed by atoms with Crippen LogP contribution in [0.4, 0.5) is 11.4 Å². The number of nitro groups is 1. The van der Waals surface area contributed by atoms with Gasteiger partial charge >= 0.3 is 0 Å². The molecule has 3 aromatic carbocycles. The number of anilines is 1. The lowest BCUT2D eigenvalue weighted by atomic mass is 10.1. The topological polar surface area (TPSA) is 96.7 Å². The summed E-state index contributed by atoms with van der Waals surface area (Å²) in [6, 6.07) is 20.8. The lowest BCUT2D eigenvalue weighted by Gasteiger charge is -2.05. The zero-order valence-electron chi connectivity index (χ0n) is 16.5. The molecule has 0 bridgehead atoms. The van der Waals surface area contributed by atoms with Crippen LogP contribution < -0.4 is 5.32 Å². The fourth-order valence-corrected chi connectivity index (χ4v) is 4.45. The first-order valence-corrected chi connectivity index (χ1v) is 10.4. The van der Waals surface area contributed by atoms with E-state index < -0.39 is 0 Å². The fourth-order valence-electron chi connectivity index (χ4n) is 3.47. The van der Waals surface area contributed by atoms with Crippen molar-refractivity contribution in [3.63, 3.8) is 0 Å². The average molecular weight is 427 g/mol. The van der Waals surface area contributed by atoms with Gasteiger partial charge in [0.05, 0.1) is 31.7 Å². The first-order chi connectivity index (χ1) is 15.1. The quantitative estimate of drug-likeness (QED) is 0.277. The molecule has 0 saturated carbocycles. The van der Waals surface area contributed by atoms with Gasteiger partial charge in [0.15, 0.2) is 0 Å². The van der Waals surface area contributed by atoms with E-state index in [0.717, 1.165) is 31.8 Å². The molecule has 8 heteroatoms. The standard InChI is InChI=1S/C23H17N5O2S/c1-24-18-11-10-14(13-20(18)28(29)30)12-15(22-25-16-6-2-3-7-17(16)26-22)23-27-19-8-4-5-9-21(19)31-23/h2-13,24H,1H3,(H,25,26)/b15-12+. The van der Waals surface area contributed by atoms with Crippen LogP contribution in [-0.4, -0.2) is 26.9 Å². The molecule has 152 valence electrons. The number of aromatic amines is 1. The maximum absolute atomic E-state index is 11.5. The molecule has 0 saturated heterocycles. The number of imidazole rings is 1. The molecular weight excluding hydrogens is 410 g/mol. The summed E-state index contributed by atoms with van der Waals surface area (Å²) in [7, 11) is 1.67. The molecule has 31 heavy (non-hydrogen) atoms. The highest BCUT2D eigenvalue weighted by atomic mass is 32.1. The second kappa shape index (κ2) is 7.66. The van der Waals surface area contributed by atoms with E-state index in [1.54, 1.807) is 30.5 Å². The third-order valence-corrected chi connectivity index (χ3v) is 6.04. The van der Waals surface area contributed by atoms with E-state index in [0.29, 0.717) is 17.1 Å². The highest BCUT2D eigenvalue weighted by molar-refractivity contribution is 7.19. The van der Waals surface area contributed by atoms with Gasteiger partial charge in [0.25, 0.3) is 5.69 Å². The van der Waals surface area contributed by atoms with Crippen LogP contribution in [0.25, 0.3) is 32.9 Å². The van der Waals surface area contributed by atoms with E-state index in [2.05, 4.69) is 10.3 Å². The molecule has 0 aliphatic carbocycles. The summed E-state index contributed by atoms with van der Waals surface area (Å²) in [5, 5.41) is 15.2. The van der Waals surface area contributed by atoms with Crippen LogP contribution in [0.3, 0.4) is 0 Å². The molecule has 0 radical (unpaired) electrons. The Morgan fingerprint density at radius 2 is 1.84 bits per heavy atom. The van der Waals surface area contributed by atoms with Gasteiger partial charge in [0.2, 0.25) is 0 Å². The summed E-state index contributed by atoms with van der Waals surface area (Å²) < 4.78 is 1.07. The van der Waals surface area contributed by atoms with Crippen LogP contribution in [0.2, 0.25) is 0 Å². The minimum absolute atomic E-state index is 0.0181. The van der Waals surface area contributed by atoms with Gasteiger partial charge in [-0.1, -0.05) is 30.3 Å². The average Bonchev–Trinajstić information content (AvgIpc) is 3.41. The largest absolute Gasteiger partial charge is 0.383 e. The Morgan fingerprint density at radius 1 is 1.06 bits per heavy atom. The third kappa shape index (κ3) is 3.53. The van der Waals surface area contributed by atoms with Crippen molar-refractivity contribution < 1.29 is 4.92 Å². The number of nitrogens with one attached hydrogen (secondary N) is 2. The van der Waals surface area contributed by atoms with Crippen molar-refractivity contribution in [2.75, 3.05) is 12.4 Å². The molecule has 2 aromatic heterocycles. The number of H-pyrrole nitrogens is 1. The maximum Gasteiger partial charge on any atom is 0.292 e. The Labute approximate surface area is 181 Å². The first kappa shape index (κ1) is 19.0. The second-order valence-electron chi connectivity index (χ2n) is 6.93. The number of hydrogen-bond acceptors (Lipinski definition) is 6. The van der Waals surface area contributed by atoms with Gasteiger partial charge in [-0.3, -0.25) is 10.1 Å². The van der Waals surface area contributed by atoms with E-state index in [4.69, 9.17) is 9.97 Å². The summed E-state index contributed by atoms with van der Waals surface area (Å²) in [4.78, 5) is 24.0. The van der Waals surface area contributed by atoms with Crippen LogP contribution >= 0.6 is 11.3 Å². The fraction of sp³-hybridized carbons (Fsp3) is 0.0435. The molecule has 0 spiro atoms. The molecule has 2 heterocycles. The number of nitrogens with zero attached hydrogens (tertiary/aromatic N) is 3. The minimum atomic E-state index is -0.387. The monoisotopic (exact) mass is 427 g/mol. The maximum atomic E-state index is 11.5. The van der Waals surface area contributed by atoms with E-state index in [1.165, 1.54) is 0 Å². The van der Waals surface area contributed by atoms with Gasteiger partial charge in [-0.15, -0.1) is 11.3 Å². The van der Waals surface area contributed by atoms with Gasteiger partial charge in [-0.2, -0.15) is 0 Å². The Hall–Kier alpha value is -4.04. The number of fused-ring (bicyclic) bond motifs is 2. The molecule has 2 N–H and O–H groups in total. The van der Waals surface area contributed by atoms with Crippen molar-refractivity contribution in [2.24, 2.45) is 0 Å². The summed E-state index contributed by atoms with van der Waals surface area (Å²) in [6.45, 7) is 0. The second-order valence-corrected chi connectivity index (χ2v) is 7.96.